The molecule has 1 N–H and O–H groups in total. The van der Waals surface area contributed by atoms with E-state index in [0.717, 1.165) is 39.3 Å². The number of benzene rings is 5. The van der Waals surface area contributed by atoms with Crippen LogP contribution in [0.15, 0.2) is 145 Å². The molecule has 0 saturated carbocycles. The van der Waals surface area contributed by atoms with E-state index in [2.05, 4.69) is 88.6 Å². The Morgan fingerprint density at radius 2 is 0.975 bits per heavy atom. The van der Waals surface area contributed by atoms with Gasteiger partial charge < -0.3 is 10.0 Å². The van der Waals surface area contributed by atoms with Crippen LogP contribution in [-0.4, -0.2) is 11.1 Å². The second-order valence-corrected chi connectivity index (χ2v) is 9.09. The summed E-state index contributed by atoms with van der Waals surface area (Å²) >= 11 is 0. The van der Waals surface area contributed by atoms with Gasteiger partial charge in [0.25, 0.3) is 5.70 Å². The fourth-order valence-corrected chi connectivity index (χ4v) is 4.50. The van der Waals surface area contributed by atoms with Crippen LogP contribution in [0.2, 0.25) is 0 Å². The van der Waals surface area contributed by atoms with Crippen molar-refractivity contribution in [1.29, 1.82) is 0 Å². The smallest absolute Gasteiger partial charge is 0.333 e. The van der Waals surface area contributed by atoms with Gasteiger partial charge in [0.15, 0.2) is 0 Å². The molecule has 0 unspecified atom stereocenters. The van der Waals surface area contributed by atoms with Crippen LogP contribution in [0.3, 0.4) is 0 Å². The third-order valence-electron chi connectivity index (χ3n) is 6.44. The number of carbonyl (C=O) groups is 1. The van der Waals surface area contributed by atoms with Gasteiger partial charge in [-0.05, 0) is 76.4 Å². The molecule has 0 aromatic heterocycles. The number of hydrogen-bond acceptors (Lipinski definition) is 2. The van der Waals surface area contributed by atoms with E-state index in [1.165, 1.54) is 6.08 Å². The maximum absolute atomic E-state index is 11.2. The molecule has 4 nitrogen and oxygen atoms in total. The molecule has 4 heteroatoms. The standard InChI is InChI=1S/C36H26N2O2/c1-37-35(36(39)40)26-28-19-23-33(24-20-28)38(31-15-9-4-10-16-31)32-21-17-27(18-22-32)25-34(29-11-5-2-6-12-29)30-13-7-3-8-14-30/h2-26H,(H,39,40)/b35-26+. The largest absolute Gasteiger partial charge is 0.486 e. The highest BCUT2D eigenvalue weighted by molar-refractivity contribution is 5.94. The summed E-state index contributed by atoms with van der Waals surface area (Å²) in [7, 11) is 0. The normalized spacial score (nSPS) is 10.8. The van der Waals surface area contributed by atoms with Gasteiger partial charge in [-0.3, -0.25) is 4.79 Å². The van der Waals surface area contributed by atoms with Crippen LogP contribution in [0.25, 0.3) is 22.6 Å². The maximum Gasteiger partial charge on any atom is 0.333 e. The summed E-state index contributed by atoms with van der Waals surface area (Å²) in [5, 5.41) is 9.19. The Labute approximate surface area is 234 Å². The van der Waals surface area contributed by atoms with E-state index in [1.54, 1.807) is 0 Å². The fourth-order valence-electron chi connectivity index (χ4n) is 4.50. The zero-order valence-electron chi connectivity index (χ0n) is 21.7. The molecule has 0 atom stereocenters. The van der Waals surface area contributed by atoms with E-state index in [1.807, 2.05) is 66.7 Å². The Hall–Kier alpha value is -5.66. The number of nitrogens with zero attached hydrogens (tertiary/aromatic N) is 2. The number of carboxylic acids is 1. The molecule has 0 fully saturated rings. The number of para-hydroxylation sites is 1. The zero-order chi connectivity index (χ0) is 27.7. The Morgan fingerprint density at radius 3 is 1.40 bits per heavy atom. The number of rotatable bonds is 8. The van der Waals surface area contributed by atoms with E-state index in [4.69, 9.17) is 6.57 Å². The minimum Gasteiger partial charge on any atom is -0.486 e. The Kier molecular flexibility index (Phi) is 7.96. The number of aliphatic carboxylic acids is 1. The van der Waals surface area contributed by atoms with Crippen LogP contribution < -0.4 is 4.90 Å². The fraction of sp³-hybridized carbons (Fsp3) is 0. The van der Waals surface area contributed by atoms with Crippen LogP contribution >= 0.6 is 0 Å². The molecule has 0 spiro atoms. The van der Waals surface area contributed by atoms with Crippen molar-refractivity contribution in [3.8, 4) is 0 Å². The van der Waals surface area contributed by atoms with Crippen LogP contribution in [0.4, 0.5) is 17.1 Å². The third kappa shape index (κ3) is 6.07. The van der Waals surface area contributed by atoms with Crippen molar-refractivity contribution >= 4 is 40.8 Å². The quantitative estimate of drug-likeness (QED) is 0.127. The lowest BCUT2D eigenvalue weighted by molar-refractivity contribution is -0.132. The first-order valence-electron chi connectivity index (χ1n) is 12.8. The number of carboxylic acid groups (broad SMARTS) is 1. The first-order valence-corrected chi connectivity index (χ1v) is 12.8. The molecule has 5 aromatic rings. The SMILES string of the molecule is [C-]#[N+]/C(=C/c1ccc(N(c2ccccc2)c2ccc(C=C(c3ccccc3)c3ccccc3)cc2)cc1)C(=O)O. The molecule has 0 aliphatic heterocycles. The van der Waals surface area contributed by atoms with E-state index in [-0.39, 0.29) is 5.70 Å². The lowest BCUT2D eigenvalue weighted by Crippen LogP contribution is -2.09. The average Bonchev–Trinajstić information content (AvgIpc) is 3.01. The maximum atomic E-state index is 11.2. The predicted octanol–water partition coefficient (Wildman–Crippen LogP) is 9.09. The predicted molar refractivity (Wildman–Crippen MR) is 163 cm³/mol. The van der Waals surface area contributed by atoms with E-state index < -0.39 is 5.97 Å². The summed E-state index contributed by atoms with van der Waals surface area (Å²) in [6.07, 6.45) is 3.59. The van der Waals surface area contributed by atoms with Gasteiger partial charge in [-0.1, -0.05) is 103 Å². The van der Waals surface area contributed by atoms with Gasteiger partial charge in [0.1, 0.15) is 0 Å². The van der Waals surface area contributed by atoms with Crippen molar-refractivity contribution in [3.05, 3.63) is 179 Å². The van der Waals surface area contributed by atoms with Crippen molar-refractivity contribution in [3.63, 3.8) is 0 Å². The summed E-state index contributed by atoms with van der Waals surface area (Å²) in [6.45, 7) is 7.10. The Bertz CT molecular complexity index is 1640. The summed E-state index contributed by atoms with van der Waals surface area (Å²) in [4.78, 5) is 16.5. The second kappa shape index (κ2) is 12.3. The molecular formula is C36H26N2O2. The highest BCUT2D eigenvalue weighted by Gasteiger charge is 2.13. The topological polar surface area (TPSA) is 44.9 Å². The molecule has 0 aliphatic carbocycles. The van der Waals surface area contributed by atoms with Gasteiger partial charge in [0, 0.05) is 17.1 Å². The molecule has 0 heterocycles. The van der Waals surface area contributed by atoms with Crippen LogP contribution in [-0.2, 0) is 4.79 Å². The average molecular weight is 519 g/mol. The molecule has 0 aliphatic rings. The lowest BCUT2D eigenvalue weighted by Gasteiger charge is -2.25. The highest BCUT2D eigenvalue weighted by atomic mass is 16.4. The van der Waals surface area contributed by atoms with Crippen molar-refractivity contribution in [2.75, 3.05) is 4.90 Å². The van der Waals surface area contributed by atoms with Gasteiger partial charge in [-0.25, -0.2) is 4.85 Å². The molecule has 0 radical (unpaired) electrons. The molecule has 0 amide bonds. The molecule has 192 valence electrons. The van der Waals surface area contributed by atoms with Crippen molar-refractivity contribution in [2.45, 2.75) is 0 Å². The van der Waals surface area contributed by atoms with Gasteiger partial charge in [-0.15, -0.1) is 0 Å². The minimum absolute atomic E-state index is 0.318. The molecule has 5 rings (SSSR count). The van der Waals surface area contributed by atoms with Crippen LogP contribution in [0.1, 0.15) is 22.3 Å². The summed E-state index contributed by atoms with van der Waals surface area (Å²) in [6, 6.07) is 46.8. The highest BCUT2D eigenvalue weighted by Crippen LogP contribution is 2.35. The minimum atomic E-state index is -1.23. The van der Waals surface area contributed by atoms with Crippen LogP contribution in [0, 0.1) is 6.57 Å². The first-order chi connectivity index (χ1) is 19.6. The van der Waals surface area contributed by atoms with E-state index >= 15 is 0 Å². The molecule has 5 aromatic carbocycles. The molecule has 40 heavy (non-hydrogen) atoms. The lowest BCUT2D eigenvalue weighted by atomic mass is 9.95. The van der Waals surface area contributed by atoms with E-state index in [0.29, 0.717) is 5.56 Å². The first kappa shape index (κ1) is 26.0. The van der Waals surface area contributed by atoms with Gasteiger partial charge in [0.05, 0.1) is 6.57 Å². The third-order valence-corrected chi connectivity index (χ3v) is 6.44. The van der Waals surface area contributed by atoms with Gasteiger partial charge >= 0.3 is 5.97 Å². The van der Waals surface area contributed by atoms with Gasteiger partial charge in [-0.2, -0.15) is 0 Å². The monoisotopic (exact) mass is 518 g/mol. The Balaban J connectivity index is 1.51. The van der Waals surface area contributed by atoms with Gasteiger partial charge in [0.2, 0.25) is 0 Å². The second-order valence-electron chi connectivity index (χ2n) is 9.09. The zero-order valence-corrected chi connectivity index (χ0v) is 21.7. The Morgan fingerprint density at radius 1 is 0.575 bits per heavy atom. The van der Waals surface area contributed by atoms with E-state index in [9.17, 15) is 9.90 Å². The van der Waals surface area contributed by atoms with Crippen molar-refractivity contribution in [2.24, 2.45) is 0 Å². The number of hydrogen-bond donors (Lipinski definition) is 1. The summed E-state index contributed by atoms with van der Waals surface area (Å²) in [5.41, 5.74) is 7.78. The van der Waals surface area contributed by atoms with Crippen molar-refractivity contribution in [1.82, 2.24) is 0 Å². The van der Waals surface area contributed by atoms with Crippen LogP contribution in [0.5, 0.6) is 0 Å². The summed E-state index contributed by atoms with van der Waals surface area (Å²) < 4.78 is 0. The summed E-state index contributed by atoms with van der Waals surface area (Å²) in [5.74, 6) is -1.23. The molecule has 0 saturated heterocycles. The molecular weight excluding hydrogens is 492 g/mol. The number of anilines is 3. The molecule has 0 bridgehead atoms. The van der Waals surface area contributed by atoms with Crippen molar-refractivity contribution < 1.29 is 9.90 Å².